The standard InChI is InChI=1S/C21H22N2O4/c1-27-19-16-9-5-3-7-14(16)12-17(19)22-20(24)18-15-8-4-2-6-13(15)10-11-23(18)21(25)26/h2-9,17-19H,10-12H2,1H3,(H,22,24)(H,25,26)/t17-,18?,19-/m1/s1. The minimum Gasteiger partial charge on any atom is -0.465 e. The Hall–Kier alpha value is -2.86. The SMILES string of the molecule is CO[C@@H]1c2ccccc2C[C@H]1NC(=O)C1c2ccccc2CCN1C(=O)O. The van der Waals surface area contributed by atoms with Crippen molar-refractivity contribution in [2.24, 2.45) is 0 Å². The number of carbonyl (C=O) groups is 2. The predicted octanol–water partition coefficient (Wildman–Crippen LogP) is 2.69. The highest BCUT2D eigenvalue weighted by Crippen LogP contribution is 2.35. The van der Waals surface area contributed by atoms with E-state index in [0.717, 1.165) is 22.3 Å². The second-order valence-electron chi connectivity index (χ2n) is 7.00. The molecular formula is C21H22N2O4. The maximum Gasteiger partial charge on any atom is 0.408 e. The number of methoxy groups -OCH3 is 1. The molecule has 1 unspecified atom stereocenters. The van der Waals surface area contributed by atoms with Crippen LogP contribution in [0.3, 0.4) is 0 Å². The zero-order chi connectivity index (χ0) is 19.0. The Morgan fingerprint density at radius 2 is 1.74 bits per heavy atom. The number of hydrogen-bond donors (Lipinski definition) is 2. The first-order chi connectivity index (χ1) is 13.1. The fourth-order valence-electron chi connectivity index (χ4n) is 4.29. The monoisotopic (exact) mass is 366 g/mol. The Balaban J connectivity index is 1.61. The number of hydrogen-bond acceptors (Lipinski definition) is 3. The molecular weight excluding hydrogens is 344 g/mol. The number of amides is 2. The normalized spacial score (nSPS) is 23.4. The average Bonchev–Trinajstić information content (AvgIpc) is 3.03. The van der Waals surface area contributed by atoms with Gasteiger partial charge in [0.25, 0.3) is 0 Å². The third-order valence-electron chi connectivity index (χ3n) is 5.53. The van der Waals surface area contributed by atoms with Crippen molar-refractivity contribution in [2.75, 3.05) is 13.7 Å². The quantitative estimate of drug-likeness (QED) is 0.875. The highest BCUT2D eigenvalue weighted by atomic mass is 16.5. The van der Waals surface area contributed by atoms with E-state index in [4.69, 9.17) is 4.74 Å². The lowest BCUT2D eigenvalue weighted by Crippen LogP contribution is -2.49. The van der Waals surface area contributed by atoms with E-state index in [2.05, 4.69) is 5.32 Å². The molecule has 1 heterocycles. The number of carboxylic acid groups (broad SMARTS) is 1. The number of ether oxygens (including phenoxy) is 1. The summed E-state index contributed by atoms with van der Waals surface area (Å²) in [6, 6.07) is 14.5. The number of fused-ring (bicyclic) bond motifs is 2. The molecule has 0 bridgehead atoms. The van der Waals surface area contributed by atoms with Gasteiger partial charge in [-0.05, 0) is 35.1 Å². The first-order valence-corrected chi connectivity index (χ1v) is 9.08. The van der Waals surface area contributed by atoms with Crippen molar-refractivity contribution < 1.29 is 19.4 Å². The maximum absolute atomic E-state index is 13.2. The van der Waals surface area contributed by atoms with Crippen molar-refractivity contribution in [3.05, 3.63) is 70.8 Å². The zero-order valence-electron chi connectivity index (χ0n) is 15.1. The van der Waals surface area contributed by atoms with E-state index < -0.39 is 12.1 Å². The van der Waals surface area contributed by atoms with E-state index in [9.17, 15) is 14.7 Å². The molecule has 0 saturated carbocycles. The van der Waals surface area contributed by atoms with Crippen LogP contribution in [-0.4, -0.2) is 41.7 Å². The van der Waals surface area contributed by atoms with Crippen LogP contribution < -0.4 is 5.32 Å². The molecule has 27 heavy (non-hydrogen) atoms. The molecule has 6 heteroatoms. The van der Waals surface area contributed by atoms with Gasteiger partial charge in [-0.2, -0.15) is 0 Å². The van der Waals surface area contributed by atoms with Crippen LogP contribution in [0.25, 0.3) is 0 Å². The first kappa shape index (κ1) is 17.5. The van der Waals surface area contributed by atoms with E-state index >= 15 is 0 Å². The number of nitrogens with zero attached hydrogens (tertiary/aromatic N) is 1. The molecule has 0 spiro atoms. The molecule has 4 rings (SSSR count). The van der Waals surface area contributed by atoms with Crippen LogP contribution in [-0.2, 0) is 22.4 Å². The molecule has 3 atom stereocenters. The number of rotatable bonds is 3. The van der Waals surface area contributed by atoms with Gasteiger partial charge in [-0.1, -0.05) is 48.5 Å². The summed E-state index contributed by atoms with van der Waals surface area (Å²) in [5.41, 5.74) is 4.00. The summed E-state index contributed by atoms with van der Waals surface area (Å²) in [6.07, 6.45) is -0.0335. The summed E-state index contributed by atoms with van der Waals surface area (Å²) in [5.74, 6) is -0.301. The topological polar surface area (TPSA) is 78.9 Å². The van der Waals surface area contributed by atoms with Crippen molar-refractivity contribution in [3.63, 3.8) is 0 Å². The lowest BCUT2D eigenvalue weighted by Gasteiger charge is -2.35. The number of carbonyl (C=O) groups excluding carboxylic acids is 1. The summed E-state index contributed by atoms with van der Waals surface area (Å²) < 4.78 is 5.64. The summed E-state index contributed by atoms with van der Waals surface area (Å²) in [6.45, 7) is 0.309. The Morgan fingerprint density at radius 1 is 1.07 bits per heavy atom. The highest BCUT2D eigenvalue weighted by molar-refractivity contribution is 5.87. The van der Waals surface area contributed by atoms with E-state index in [-0.39, 0.29) is 18.1 Å². The molecule has 140 valence electrons. The van der Waals surface area contributed by atoms with Gasteiger partial charge < -0.3 is 15.2 Å². The van der Waals surface area contributed by atoms with Gasteiger partial charge in [-0.15, -0.1) is 0 Å². The molecule has 0 fully saturated rings. The van der Waals surface area contributed by atoms with Crippen molar-refractivity contribution in [3.8, 4) is 0 Å². The minimum atomic E-state index is -1.08. The fraction of sp³-hybridized carbons (Fsp3) is 0.333. The second-order valence-corrected chi connectivity index (χ2v) is 7.00. The first-order valence-electron chi connectivity index (χ1n) is 9.08. The van der Waals surface area contributed by atoms with Crippen LogP contribution >= 0.6 is 0 Å². The minimum absolute atomic E-state index is 0.218. The smallest absolute Gasteiger partial charge is 0.408 e. The van der Waals surface area contributed by atoms with Gasteiger partial charge >= 0.3 is 6.09 Å². The van der Waals surface area contributed by atoms with Gasteiger partial charge in [-0.25, -0.2) is 4.79 Å². The van der Waals surface area contributed by atoms with Crippen molar-refractivity contribution in [2.45, 2.75) is 31.0 Å². The summed E-state index contributed by atoms with van der Waals surface area (Å²) in [7, 11) is 1.63. The summed E-state index contributed by atoms with van der Waals surface area (Å²) in [5, 5.41) is 12.7. The van der Waals surface area contributed by atoms with E-state index in [1.165, 1.54) is 4.90 Å². The molecule has 2 aromatic carbocycles. The van der Waals surface area contributed by atoms with Crippen molar-refractivity contribution in [1.82, 2.24) is 10.2 Å². The van der Waals surface area contributed by atoms with Gasteiger partial charge in [0, 0.05) is 13.7 Å². The summed E-state index contributed by atoms with van der Waals surface area (Å²) >= 11 is 0. The second kappa shape index (κ2) is 7.04. The van der Waals surface area contributed by atoms with Gasteiger partial charge in [0.1, 0.15) is 12.1 Å². The Morgan fingerprint density at radius 3 is 2.44 bits per heavy atom. The molecule has 2 aliphatic rings. The molecule has 2 amide bonds. The van der Waals surface area contributed by atoms with E-state index in [1.807, 2.05) is 48.5 Å². The molecule has 6 nitrogen and oxygen atoms in total. The molecule has 2 N–H and O–H groups in total. The van der Waals surface area contributed by atoms with E-state index in [1.54, 1.807) is 7.11 Å². The third kappa shape index (κ3) is 3.06. The largest absolute Gasteiger partial charge is 0.465 e. The molecule has 0 saturated heterocycles. The van der Waals surface area contributed by atoms with Gasteiger partial charge in [0.2, 0.25) is 5.91 Å². The molecule has 2 aromatic rings. The highest BCUT2D eigenvalue weighted by Gasteiger charge is 2.39. The van der Waals surface area contributed by atoms with Crippen LogP contribution in [0.15, 0.2) is 48.5 Å². The summed E-state index contributed by atoms with van der Waals surface area (Å²) in [4.78, 5) is 26.1. The van der Waals surface area contributed by atoms with Crippen LogP contribution in [0.5, 0.6) is 0 Å². The number of benzene rings is 2. The lowest BCUT2D eigenvalue weighted by atomic mass is 9.92. The van der Waals surface area contributed by atoms with E-state index in [0.29, 0.717) is 19.4 Å². The van der Waals surface area contributed by atoms with Crippen molar-refractivity contribution >= 4 is 12.0 Å². The van der Waals surface area contributed by atoms with Crippen LogP contribution in [0.2, 0.25) is 0 Å². The Labute approximate surface area is 157 Å². The lowest BCUT2D eigenvalue weighted by molar-refractivity contribution is -0.128. The maximum atomic E-state index is 13.2. The van der Waals surface area contributed by atoms with Crippen molar-refractivity contribution in [1.29, 1.82) is 0 Å². The zero-order valence-corrected chi connectivity index (χ0v) is 15.1. The molecule has 1 aliphatic carbocycles. The Bertz CT molecular complexity index is 882. The third-order valence-corrected chi connectivity index (χ3v) is 5.53. The predicted molar refractivity (Wildman–Crippen MR) is 99.4 cm³/mol. The van der Waals surface area contributed by atoms with Crippen LogP contribution in [0.4, 0.5) is 4.79 Å². The number of nitrogens with one attached hydrogen (secondary N) is 1. The fourth-order valence-corrected chi connectivity index (χ4v) is 4.29. The Kier molecular flexibility index (Phi) is 4.58. The van der Waals surface area contributed by atoms with Gasteiger partial charge in [-0.3, -0.25) is 9.69 Å². The average molecular weight is 366 g/mol. The molecule has 1 aliphatic heterocycles. The van der Waals surface area contributed by atoms with Crippen LogP contribution in [0, 0.1) is 0 Å². The van der Waals surface area contributed by atoms with Crippen LogP contribution in [0.1, 0.15) is 34.4 Å². The molecule has 0 aromatic heterocycles. The molecule has 0 radical (unpaired) electrons. The van der Waals surface area contributed by atoms with Gasteiger partial charge in [0.05, 0.1) is 6.04 Å². The van der Waals surface area contributed by atoms with Gasteiger partial charge in [0.15, 0.2) is 0 Å².